The first-order chi connectivity index (χ1) is 7.58. The fourth-order valence-electron chi connectivity index (χ4n) is 1.53. The van der Waals surface area contributed by atoms with Crippen molar-refractivity contribution in [3.63, 3.8) is 0 Å². The summed E-state index contributed by atoms with van der Waals surface area (Å²) >= 11 is 0. The van der Waals surface area contributed by atoms with Crippen LogP contribution in [0.15, 0.2) is 18.2 Å². The molecule has 1 fully saturated rings. The van der Waals surface area contributed by atoms with E-state index < -0.39 is 6.09 Å². The van der Waals surface area contributed by atoms with Crippen molar-refractivity contribution in [3.05, 3.63) is 23.8 Å². The number of hydrogen-bond acceptors (Lipinski definition) is 4. The van der Waals surface area contributed by atoms with E-state index in [1.165, 1.54) is 4.90 Å². The molecule has 0 aromatic heterocycles. The molecular weight excluding hydrogens is 208 g/mol. The number of amides is 1. The maximum absolute atomic E-state index is 11.6. The summed E-state index contributed by atoms with van der Waals surface area (Å²) in [5, 5.41) is 9.44. The van der Waals surface area contributed by atoms with E-state index in [-0.39, 0.29) is 11.8 Å². The van der Waals surface area contributed by atoms with Crippen molar-refractivity contribution >= 4 is 6.09 Å². The Kier molecular flexibility index (Phi) is 2.70. The number of aromatic hydroxyl groups is 1. The molecule has 1 aromatic carbocycles. The van der Waals surface area contributed by atoms with Crippen molar-refractivity contribution in [3.8, 4) is 11.5 Å². The van der Waals surface area contributed by atoms with Gasteiger partial charge in [0.25, 0.3) is 0 Å². The van der Waals surface area contributed by atoms with Crippen molar-refractivity contribution in [2.24, 2.45) is 5.73 Å². The van der Waals surface area contributed by atoms with Gasteiger partial charge >= 0.3 is 6.09 Å². The van der Waals surface area contributed by atoms with Crippen LogP contribution in [0.25, 0.3) is 0 Å². The van der Waals surface area contributed by atoms with Crippen LogP contribution in [0.4, 0.5) is 4.79 Å². The predicted octanol–water partition coefficient (Wildman–Crippen LogP) is 0.842. The van der Waals surface area contributed by atoms with Crippen LogP contribution in [0.1, 0.15) is 5.56 Å². The van der Waals surface area contributed by atoms with Gasteiger partial charge in [0.05, 0.1) is 0 Å². The van der Waals surface area contributed by atoms with Crippen molar-refractivity contribution < 1.29 is 14.6 Å². The minimum Gasteiger partial charge on any atom is -0.508 e. The van der Waals surface area contributed by atoms with Crippen LogP contribution >= 0.6 is 0 Å². The molecule has 0 atom stereocenters. The molecule has 1 aliphatic heterocycles. The highest BCUT2D eigenvalue weighted by Gasteiger charge is 2.29. The number of nitrogens with zero attached hydrogens (tertiary/aromatic N) is 1. The molecule has 0 spiro atoms. The highest BCUT2D eigenvalue weighted by molar-refractivity contribution is 5.72. The molecule has 86 valence electrons. The lowest BCUT2D eigenvalue weighted by molar-refractivity contribution is 0.113. The molecule has 0 radical (unpaired) electrons. The molecule has 0 unspecified atom stereocenters. The van der Waals surface area contributed by atoms with E-state index in [0.29, 0.717) is 24.4 Å². The maximum atomic E-state index is 11.6. The van der Waals surface area contributed by atoms with Gasteiger partial charge in [0.15, 0.2) is 0 Å². The Morgan fingerprint density at radius 3 is 2.88 bits per heavy atom. The lowest BCUT2D eigenvalue weighted by Gasteiger charge is -2.35. The summed E-state index contributed by atoms with van der Waals surface area (Å²) in [6.07, 6.45) is -0.421. The first kappa shape index (κ1) is 10.8. The standard InChI is InChI=1S/C11H14N2O3/c1-7-9(14)3-2-4-10(7)16-11(15)13-5-8(12)6-13/h2-4,8,14H,5-6,12H2,1H3. The van der Waals surface area contributed by atoms with Gasteiger partial charge in [-0.1, -0.05) is 6.07 Å². The maximum Gasteiger partial charge on any atom is 0.415 e. The molecule has 0 bridgehead atoms. The Labute approximate surface area is 93.4 Å². The Hall–Kier alpha value is -1.75. The number of ether oxygens (including phenoxy) is 1. The van der Waals surface area contributed by atoms with Crippen LogP contribution in [-0.4, -0.2) is 35.2 Å². The first-order valence-corrected chi connectivity index (χ1v) is 5.09. The number of benzene rings is 1. The zero-order valence-corrected chi connectivity index (χ0v) is 9.01. The number of carbonyl (C=O) groups is 1. The quantitative estimate of drug-likeness (QED) is 0.738. The van der Waals surface area contributed by atoms with Crippen molar-refractivity contribution in [2.75, 3.05) is 13.1 Å². The SMILES string of the molecule is Cc1c(O)cccc1OC(=O)N1CC(N)C1. The molecule has 5 heteroatoms. The van der Waals surface area contributed by atoms with Crippen LogP contribution < -0.4 is 10.5 Å². The molecule has 1 aliphatic rings. The van der Waals surface area contributed by atoms with Crippen LogP contribution in [-0.2, 0) is 0 Å². The number of hydrogen-bond donors (Lipinski definition) is 2. The average Bonchev–Trinajstić information content (AvgIpc) is 2.20. The normalized spacial score (nSPS) is 15.8. The van der Waals surface area contributed by atoms with E-state index in [1.54, 1.807) is 25.1 Å². The van der Waals surface area contributed by atoms with Gasteiger partial charge in [-0.3, -0.25) is 0 Å². The third kappa shape index (κ3) is 1.94. The van der Waals surface area contributed by atoms with Crippen LogP contribution in [0.5, 0.6) is 11.5 Å². The summed E-state index contributed by atoms with van der Waals surface area (Å²) in [5.41, 5.74) is 6.12. The molecule has 1 aromatic rings. The summed E-state index contributed by atoms with van der Waals surface area (Å²) in [7, 11) is 0. The average molecular weight is 222 g/mol. The van der Waals surface area contributed by atoms with E-state index in [2.05, 4.69) is 0 Å². The summed E-state index contributed by atoms with van der Waals surface area (Å²) < 4.78 is 5.15. The predicted molar refractivity (Wildman–Crippen MR) is 58.4 cm³/mol. The van der Waals surface area contributed by atoms with Crippen LogP contribution in [0.3, 0.4) is 0 Å². The van der Waals surface area contributed by atoms with Crippen molar-refractivity contribution in [2.45, 2.75) is 13.0 Å². The lowest BCUT2D eigenvalue weighted by atomic mass is 10.1. The number of rotatable bonds is 1. The minimum atomic E-state index is -0.421. The molecular formula is C11H14N2O3. The highest BCUT2D eigenvalue weighted by atomic mass is 16.6. The molecule has 1 saturated heterocycles. The van der Waals surface area contributed by atoms with Gasteiger partial charge < -0.3 is 20.5 Å². The number of nitrogens with two attached hydrogens (primary N) is 1. The van der Waals surface area contributed by atoms with Crippen LogP contribution in [0.2, 0.25) is 0 Å². The molecule has 0 aliphatic carbocycles. The zero-order valence-electron chi connectivity index (χ0n) is 9.01. The molecule has 3 N–H and O–H groups in total. The molecule has 2 rings (SSSR count). The third-order valence-electron chi connectivity index (χ3n) is 2.62. The van der Waals surface area contributed by atoms with Crippen molar-refractivity contribution in [1.82, 2.24) is 4.90 Å². The molecule has 16 heavy (non-hydrogen) atoms. The lowest BCUT2D eigenvalue weighted by Crippen LogP contribution is -2.58. The Bertz CT molecular complexity index is 414. The number of phenolic OH excluding ortho intramolecular Hbond substituents is 1. The second-order valence-electron chi connectivity index (χ2n) is 3.93. The van der Waals surface area contributed by atoms with E-state index in [9.17, 15) is 9.90 Å². The topological polar surface area (TPSA) is 75.8 Å². The second kappa shape index (κ2) is 4.02. The van der Waals surface area contributed by atoms with E-state index >= 15 is 0 Å². The molecule has 0 saturated carbocycles. The summed E-state index contributed by atoms with van der Waals surface area (Å²) in [4.78, 5) is 13.1. The second-order valence-corrected chi connectivity index (χ2v) is 3.93. The number of carbonyl (C=O) groups excluding carboxylic acids is 1. The van der Waals surface area contributed by atoms with Crippen LogP contribution in [0, 0.1) is 6.92 Å². The van der Waals surface area contributed by atoms with Gasteiger partial charge in [-0.25, -0.2) is 4.79 Å². The molecule has 1 heterocycles. The number of likely N-dealkylation sites (tertiary alicyclic amines) is 1. The zero-order chi connectivity index (χ0) is 11.7. The summed E-state index contributed by atoms with van der Waals surface area (Å²) in [6.45, 7) is 2.74. The summed E-state index contributed by atoms with van der Waals surface area (Å²) in [5.74, 6) is 0.496. The van der Waals surface area contributed by atoms with Gasteiger partial charge in [-0.05, 0) is 19.1 Å². The minimum absolute atomic E-state index is 0.0535. The Morgan fingerprint density at radius 2 is 2.25 bits per heavy atom. The monoisotopic (exact) mass is 222 g/mol. The van der Waals surface area contributed by atoms with E-state index in [4.69, 9.17) is 10.5 Å². The fourth-order valence-corrected chi connectivity index (χ4v) is 1.53. The molecule has 5 nitrogen and oxygen atoms in total. The van der Waals surface area contributed by atoms with Gasteiger partial charge in [-0.2, -0.15) is 0 Å². The highest BCUT2D eigenvalue weighted by Crippen LogP contribution is 2.26. The smallest absolute Gasteiger partial charge is 0.415 e. The fraction of sp³-hybridized carbons (Fsp3) is 0.364. The van der Waals surface area contributed by atoms with E-state index in [0.717, 1.165) is 0 Å². The summed E-state index contributed by atoms with van der Waals surface area (Å²) in [6, 6.07) is 4.88. The molecule has 1 amide bonds. The first-order valence-electron chi connectivity index (χ1n) is 5.09. The Balaban J connectivity index is 2.04. The largest absolute Gasteiger partial charge is 0.508 e. The van der Waals surface area contributed by atoms with Gasteiger partial charge in [-0.15, -0.1) is 0 Å². The third-order valence-corrected chi connectivity index (χ3v) is 2.62. The van der Waals surface area contributed by atoms with Gasteiger partial charge in [0, 0.05) is 24.7 Å². The Morgan fingerprint density at radius 1 is 1.56 bits per heavy atom. The van der Waals surface area contributed by atoms with Crippen molar-refractivity contribution in [1.29, 1.82) is 0 Å². The van der Waals surface area contributed by atoms with Gasteiger partial charge in [0.2, 0.25) is 0 Å². The van der Waals surface area contributed by atoms with E-state index in [1.807, 2.05) is 0 Å². The van der Waals surface area contributed by atoms with Gasteiger partial charge in [0.1, 0.15) is 11.5 Å². The number of phenols is 1.